The molecule has 0 N–H and O–H groups in total. The van der Waals surface area contributed by atoms with Crippen LogP contribution in [0.3, 0.4) is 0 Å². The van der Waals surface area contributed by atoms with Crippen molar-refractivity contribution in [2.24, 2.45) is 0 Å². The average Bonchev–Trinajstić information content (AvgIpc) is 3.18. The molecular weight excluding hydrogens is 302 g/mol. The van der Waals surface area contributed by atoms with Gasteiger partial charge in [-0.25, -0.2) is 9.97 Å². The van der Waals surface area contributed by atoms with Crippen LogP contribution in [0.25, 0.3) is 11.4 Å². The van der Waals surface area contributed by atoms with Crippen LogP contribution in [-0.4, -0.2) is 35.1 Å². The van der Waals surface area contributed by atoms with Crippen LogP contribution in [0.4, 0.5) is 5.82 Å². The smallest absolute Gasteiger partial charge is 0.232 e. The number of fused-ring (bicyclic) bond motifs is 1. The SMILES string of the molecule is Cc1ccc(-c2nc(C)c3c(n2)N(C[C@@H]2CCCO2)C(=O)C3)cc1. The van der Waals surface area contributed by atoms with Crippen molar-refractivity contribution >= 4 is 11.7 Å². The molecule has 0 bridgehead atoms. The monoisotopic (exact) mass is 323 g/mol. The first kappa shape index (κ1) is 15.3. The van der Waals surface area contributed by atoms with Crippen molar-refractivity contribution < 1.29 is 9.53 Å². The Morgan fingerprint density at radius 3 is 2.71 bits per heavy atom. The van der Waals surface area contributed by atoms with E-state index in [0.29, 0.717) is 18.8 Å². The summed E-state index contributed by atoms with van der Waals surface area (Å²) in [4.78, 5) is 23.6. The molecule has 0 aliphatic carbocycles. The van der Waals surface area contributed by atoms with Crippen molar-refractivity contribution in [1.29, 1.82) is 0 Å². The van der Waals surface area contributed by atoms with E-state index >= 15 is 0 Å². The Bertz CT molecular complexity index is 780. The van der Waals surface area contributed by atoms with Crippen molar-refractivity contribution in [1.82, 2.24) is 9.97 Å². The minimum Gasteiger partial charge on any atom is -0.376 e. The molecule has 3 heterocycles. The second-order valence-corrected chi connectivity index (χ2v) is 6.62. The predicted octanol–water partition coefficient (Wildman–Crippen LogP) is 2.83. The van der Waals surface area contributed by atoms with Gasteiger partial charge in [0.1, 0.15) is 5.82 Å². The number of hydrogen-bond acceptors (Lipinski definition) is 4. The van der Waals surface area contributed by atoms with Crippen molar-refractivity contribution in [2.45, 2.75) is 39.2 Å². The molecule has 0 spiro atoms. The highest BCUT2D eigenvalue weighted by molar-refractivity contribution is 6.00. The zero-order valence-corrected chi connectivity index (χ0v) is 14.1. The largest absolute Gasteiger partial charge is 0.376 e. The van der Waals surface area contributed by atoms with Gasteiger partial charge >= 0.3 is 0 Å². The molecular formula is C19H21N3O2. The fraction of sp³-hybridized carbons (Fsp3) is 0.421. The maximum absolute atomic E-state index is 12.5. The van der Waals surface area contributed by atoms with Gasteiger partial charge in [0.05, 0.1) is 19.1 Å². The van der Waals surface area contributed by atoms with Crippen LogP contribution in [0.1, 0.15) is 29.7 Å². The summed E-state index contributed by atoms with van der Waals surface area (Å²) in [6.45, 7) is 5.40. The van der Waals surface area contributed by atoms with Crippen LogP contribution in [0.15, 0.2) is 24.3 Å². The van der Waals surface area contributed by atoms with E-state index in [-0.39, 0.29) is 12.0 Å². The number of rotatable bonds is 3. The Labute approximate surface area is 141 Å². The third-order valence-electron chi connectivity index (χ3n) is 4.80. The minimum absolute atomic E-state index is 0.0963. The normalized spacial score (nSPS) is 19.8. The highest BCUT2D eigenvalue weighted by Crippen LogP contribution is 2.32. The summed E-state index contributed by atoms with van der Waals surface area (Å²) in [5.74, 6) is 1.54. The van der Waals surface area contributed by atoms with E-state index in [9.17, 15) is 4.79 Å². The molecule has 2 aromatic rings. The molecule has 1 saturated heterocycles. The summed E-state index contributed by atoms with van der Waals surface area (Å²) in [6, 6.07) is 8.16. The number of carbonyl (C=O) groups excluding carboxylic acids is 1. The second-order valence-electron chi connectivity index (χ2n) is 6.62. The van der Waals surface area contributed by atoms with Crippen molar-refractivity contribution in [3.05, 3.63) is 41.1 Å². The first-order chi connectivity index (χ1) is 11.6. The van der Waals surface area contributed by atoms with E-state index in [0.717, 1.165) is 42.1 Å². The first-order valence-electron chi connectivity index (χ1n) is 8.48. The molecule has 124 valence electrons. The highest BCUT2D eigenvalue weighted by Gasteiger charge is 2.34. The number of anilines is 1. The van der Waals surface area contributed by atoms with Crippen molar-refractivity contribution in [3.8, 4) is 11.4 Å². The van der Waals surface area contributed by atoms with E-state index in [4.69, 9.17) is 9.72 Å². The Balaban J connectivity index is 1.71. The molecule has 5 heteroatoms. The summed E-state index contributed by atoms with van der Waals surface area (Å²) >= 11 is 0. The Morgan fingerprint density at radius 1 is 1.21 bits per heavy atom. The van der Waals surface area contributed by atoms with Gasteiger partial charge in [0, 0.05) is 23.4 Å². The number of carbonyl (C=O) groups is 1. The van der Waals surface area contributed by atoms with Gasteiger partial charge in [-0.15, -0.1) is 0 Å². The topological polar surface area (TPSA) is 55.3 Å². The molecule has 1 fully saturated rings. The van der Waals surface area contributed by atoms with Crippen LogP contribution < -0.4 is 4.90 Å². The molecule has 2 aliphatic heterocycles. The molecule has 0 saturated carbocycles. The molecule has 1 atom stereocenters. The molecule has 1 aromatic heterocycles. The third kappa shape index (κ3) is 2.69. The zero-order valence-electron chi connectivity index (χ0n) is 14.1. The summed E-state index contributed by atoms with van der Waals surface area (Å²) < 4.78 is 5.70. The number of aromatic nitrogens is 2. The van der Waals surface area contributed by atoms with Crippen molar-refractivity contribution in [3.63, 3.8) is 0 Å². The molecule has 1 amide bonds. The maximum atomic E-state index is 12.5. The third-order valence-corrected chi connectivity index (χ3v) is 4.80. The van der Waals surface area contributed by atoms with Gasteiger partial charge in [0.25, 0.3) is 0 Å². The second kappa shape index (κ2) is 5.98. The molecule has 0 unspecified atom stereocenters. The molecule has 5 nitrogen and oxygen atoms in total. The van der Waals surface area contributed by atoms with Gasteiger partial charge in [-0.05, 0) is 26.7 Å². The maximum Gasteiger partial charge on any atom is 0.232 e. The minimum atomic E-state index is 0.0963. The summed E-state index contributed by atoms with van der Waals surface area (Å²) in [6.07, 6.45) is 2.59. The van der Waals surface area contributed by atoms with E-state index in [1.807, 2.05) is 19.1 Å². The summed E-state index contributed by atoms with van der Waals surface area (Å²) in [7, 11) is 0. The lowest BCUT2D eigenvalue weighted by molar-refractivity contribution is -0.117. The lowest BCUT2D eigenvalue weighted by atomic mass is 10.1. The number of amides is 1. The lowest BCUT2D eigenvalue weighted by Crippen LogP contribution is -2.35. The van der Waals surface area contributed by atoms with Gasteiger partial charge < -0.3 is 4.74 Å². The van der Waals surface area contributed by atoms with Gasteiger partial charge in [-0.2, -0.15) is 0 Å². The van der Waals surface area contributed by atoms with Gasteiger partial charge in [-0.3, -0.25) is 9.69 Å². The van der Waals surface area contributed by atoms with Crippen LogP contribution in [0.5, 0.6) is 0 Å². The average molecular weight is 323 g/mol. The standard InChI is InChI=1S/C19H21N3O2/c1-12-5-7-14(8-6-12)18-20-13(2)16-10-17(23)22(19(16)21-18)11-15-4-3-9-24-15/h5-8,15H,3-4,9-11H2,1-2H3/t15-/m0/s1. The Morgan fingerprint density at radius 2 is 2.00 bits per heavy atom. The molecule has 2 aliphatic rings. The van der Waals surface area contributed by atoms with E-state index in [1.165, 1.54) is 5.56 Å². The Hall–Kier alpha value is -2.27. The van der Waals surface area contributed by atoms with E-state index in [2.05, 4.69) is 24.0 Å². The number of nitrogens with zero attached hydrogens (tertiary/aromatic N) is 3. The van der Waals surface area contributed by atoms with Crippen molar-refractivity contribution in [2.75, 3.05) is 18.1 Å². The van der Waals surface area contributed by atoms with Gasteiger partial charge in [-0.1, -0.05) is 29.8 Å². The zero-order chi connectivity index (χ0) is 16.7. The van der Waals surface area contributed by atoms with Crippen LogP contribution in [0.2, 0.25) is 0 Å². The Kier molecular flexibility index (Phi) is 3.81. The van der Waals surface area contributed by atoms with Crippen LogP contribution >= 0.6 is 0 Å². The molecule has 0 radical (unpaired) electrons. The summed E-state index contributed by atoms with van der Waals surface area (Å²) in [5.41, 5.74) is 4.02. The molecule has 4 rings (SSSR count). The summed E-state index contributed by atoms with van der Waals surface area (Å²) in [5, 5.41) is 0. The number of benzene rings is 1. The quantitative estimate of drug-likeness (QED) is 0.871. The van der Waals surface area contributed by atoms with Crippen LogP contribution in [0, 0.1) is 13.8 Å². The fourth-order valence-electron chi connectivity index (χ4n) is 3.39. The van der Waals surface area contributed by atoms with E-state index in [1.54, 1.807) is 4.90 Å². The van der Waals surface area contributed by atoms with Gasteiger partial charge in [0.2, 0.25) is 5.91 Å². The lowest BCUT2D eigenvalue weighted by Gasteiger charge is -2.20. The first-order valence-corrected chi connectivity index (χ1v) is 8.48. The predicted molar refractivity (Wildman–Crippen MR) is 92.0 cm³/mol. The van der Waals surface area contributed by atoms with E-state index < -0.39 is 0 Å². The molecule has 24 heavy (non-hydrogen) atoms. The van der Waals surface area contributed by atoms with Gasteiger partial charge in [0.15, 0.2) is 5.82 Å². The highest BCUT2D eigenvalue weighted by atomic mass is 16.5. The number of hydrogen-bond donors (Lipinski definition) is 0. The number of ether oxygens (including phenoxy) is 1. The fourth-order valence-corrected chi connectivity index (χ4v) is 3.39. The molecule has 1 aromatic carbocycles. The van der Waals surface area contributed by atoms with Crippen LogP contribution in [-0.2, 0) is 16.0 Å². The number of aryl methyl sites for hydroxylation is 2.